The lowest BCUT2D eigenvalue weighted by Gasteiger charge is -2.18. The minimum atomic E-state index is 0.229. The Hall–Kier alpha value is -8.52. The first kappa shape index (κ1) is 61.3. The summed E-state index contributed by atoms with van der Waals surface area (Å²) < 4.78 is 0. The van der Waals surface area contributed by atoms with Gasteiger partial charge in [-0.2, -0.15) is 0 Å². The number of benzene rings is 9. The lowest BCUT2D eigenvalue weighted by atomic mass is 9.87. The van der Waals surface area contributed by atoms with E-state index in [1.165, 1.54) is 106 Å². The molecule has 9 aromatic rings. The quantitative estimate of drug-likeness (QED) is 0.164. The first-order chi connectivity index (χ1) is 38.3. The maximum atomic E-state index is 3.93. The van der Waals surface area contributed by atoms with Crippen LogP contribution in [0.1, 0.15) is 95.7 Å². The van der Waals surface area contributed by atoms with E-state index in [4.69, 9.17) is 0 Å². The molecule has 0 bridgehead atoms. The largest absolute Gasteiger partial charge is 0.361 e. The van der Waals surface area contributed by atoms with Crippen molar-refractivity contribution < 1.29 is 0 Å². The number of fused-ring (bicyclic) bond motifs is 3. The van der Waals surface area contributed by atoms with Crippen LogP contribution in [-0.2, 0) is 0 Å². The van der Waals surface area contributed by atoms with Crippen molar-refractivity contribution in [3.63, 3.8) is 0 Å². The van der Waals surface area contributed by atoms with Crippen LogP contribution < -0.4 is 5.32 Å². The Morgan fingerprint density at radius 3 is 1.28 bits per heavy atom. The summed E-state index contributed by atoms with van der Waals surface area (Å²) >= 11 is 0. The molecule has 0 radical (unpaired) electrons. The summed E-state index contributed by atoms with van der Waals surface area (Å²) in [7, 11) is 0. The van der Waals surface area contributed by atoms with Crippen LogP contribution in [0, 0.1) is 33.1 Å². The van der Waals surface area contributed by atoms with Gasteiger partial charge in [-0.3, -0.25) is 0 Å². The highest BCUT2D eigenvalue weighted by atomic mass is 14.8. The van der Waals surface area contributed by atoms with Crippen LogP contribution in [0.25, 0.3) is 67.3 Å². The summed E-state index contributed by atoms with van der Waals surface area (Å²) in [5.74, 6) is 0. The van der Waals surface area contributed by atoms with Crippen LogP contribution in [0.2, 0.25) is 0 Å². The zero-order valence-corrected chi connectivity index (χ0v) is 49.5. The predicted octanol–water partition coefficient (Wildman–Crippen LogP) is 23.3. The number of hydrogen-bond acceptors (Lipinski definition) is 1. The molecule has 0 saturated carbocycles. The van der Waals surface area contributed by atoms with Crippen molar-refractivity contribution in [3.8, 4) is 55.6 Å². The average Bonchev–Trinajstić information content (AvgIpc) is 3.52. The van der Waals surface area contributed by atoms with Gasteiger partial charge in [0.2, 0.25) is 0 Å². The summed E-state index contributed by atoms with van der Waals surface area (Å²) in [6.45, 7) is 31.1. The molecule has 9 aromatic carbocycles. The molecule has 1 aliphatic heterocycles. The van der Waals surface area contributed by atoms with Crippen molar-refractivity contribution in [1.82, 2.24) is 0 Å². The SMILES string of the molecule is C=C(/C=C\C)C(C)(C)C.CC.CC.CC1=C(c2ccccc2C)/C=C/Nc2ccc(-c3cccc(-c4ccc(C)cc4)c3)cc2-c2ccccc2/C=C\1.Cc1ccc(-c2ccccc2)cc1.Cc1ccc(-c2ccccc2)cc1. The lowest BCUT2D eigenvalue weighted by Crippen LogP contribution is -2.05. The number of nitrogens with one attached hydrogen (secondary N) is 1. The van der Waals surface area contributed by atoms with Crippen LogP contribution in [0.5, 0.6) is 0 Å². The zero-order chi connectivity index (χ0) is 57.2. The molecule has 1 heterocycles. The Morgan fingerprint density at radius 2 is 0.797 bits per heavy atom. The van der Waals surface area contributed by atoms with E-state index in [-0.39, 0.29) is 5.41 Å². The van der Waals surface area contributed by atoms with Gasteiger partial charge in [-0.05, 0) is 149 Å². The molecule has 0 atom stereocenters. The fourth-order valence-electron chi connectivity index (χ4n) is 8.62. The minimum Gasteiger partial charge on any atom is -0.361 e. The minimum absolute atomic E-state index is 0.229. The maximum absolute atomic E-state index is 3.93. The third kappa shape index (κ3) is 18.6. The average molecular weight is 1040 g/mol. The molecule has 1 N–H and O–H groups in total. The molecule has 402 valence electrons. The summed E-state index contributed by atoms with van der Waals surface area (Å²) in [5.41, 5.74) is 24.9. The number of hydrogen-bond donors (Lipinski definition) is 1. The Kier molecular flexibility index (Phi) is 24.6. The first-order valence-corrected chi connectivity index (χ1v) is 28.1. The molecule has 1 heteroatoms. The van der Waals surface area contributed by atoms with Crippen molar-refractivity contribution in [3.05, 3.63) is 306 Å². The monoisotopic (exact) mass is 1040 g/mol. The first-order valence-electron chi connectivity index (χ1n) is 28.1. The number of allylic oxidation sites excluding steroid dienone is 7. The van der Waals surface area contributed by atoms with Crippen molar-refractivity contribution in [2.75, 3.05) is 5.32 Å². The van der Waals surface area contributed by atoms with Gasteiger partial charge in [-0.25, -0.2) is 0 Å². The van der Waals surface area contributed by atoms with Gasteiger partial charge in [0.1, 0.15) is 0 Å². The smallest absolute Gasteiger partial charge is 0.0460 e. The van der Waals surface area contributed by atoms with Gasteiger partial charge in [0.05, 0.1) is 0 Å². The van der Waals surface area contributed by atoms with Crippen LogP contribution in [-0.4, -0.2) is 0 Å². The second-order valence-electron chi connectivity index (χ2n) is 20.3. The van der Waals surface area contributed by atoms with E-state index < -0.39 is 0 Å². The van der Waals surface area contributed by atoms with Gasteiger partial charge in [0, 0.05) is 17.5 Å². The van der Waals surface area contributed by atoms with Gasteiger partial charge in [0.15, 0.2) is 0 Å². The molecular weight excluding hydrogens is 951 g/mol. The Morgan fingerprint density at radius 1 is 0.392 bits per heavy atom. The van der Waals surface area contributed by atoms with Crippen molar-refractivity contribution in [1.29, 1.82) is 0 Å². The molecule has 0 unspecified atom stereocenters. The highest BCUT2D eigenvalue weighted by Crippen LogP contribution is 2.38. The van der Waals surface area contributed by atoms with Gasteiger partial charge < -0.3 is 5.32 Å². The Bertz CT molecular complexity index is 3310. The summed E-state index contributed by atoms with van der Waals surface area (Å²) in [6, 6.07) is 79.6. The second-order valence-corrected chi connectivity index (χ2v) is 20.3. The van der Waals surface area contributed by atoms with Crippen LogP contribution in [0.3, 0.4) is 0 Å². The molecule has 0 aromatic heterocycles. The standard InChI is InChI=1S/C39H33N.2C13H12.C9H16.2C2H6/c1-27-15-18-30(19-16-27)32-11-8-12-33(25-32)34-21-22-39-38(26-34)37-14-7-5-10-31(37)20-17-29(3)36(23-24-40-39)35-13-6-4-9-28(35)2;2*1-11-7-9-13(10-8-11)12-5-3-2-4-6-12;1-6-7-8(2)9(3,4)5;2*1-2/h4-26,40H,1-3H3;2*2-10H,1H3;6-7H,2H2,1,3-5H3;2*1-2H3/b20-17-,24-23+,36-29+;;;7-6-;;. The molecule has 1 nitrogen and oxygen atoms in total. The van der Waals surface area contributed by atoms with E-state index in [0.717, 1.165) is 5.69 Å². The summed E-state index contributed by atoms with van der Waals surface area (Å²) in [5, 5.41) is 3.62. The normalized spacial score (nSPS) is 13.0. The van der Waals surface area contributed by atoms with Crippen LogP contribution >= 0.6 is 0 Å². The fraction of sp³-hybridized carbons (Fsp3) is 0.179. The molecule has 0 fully saturated rings. The van der Waals surface area contributed by atoms with E-state index in [2.05, 4.69) is 310 Å². The van der Waals surface area contributed by atoms with Crippen molar-refractivity contribution in [2.24, 2.45) is 5.41 Å². The predicted molar refractivity (Wildman–Crippen MR) is 352 cm³/mol. The molecule has 0 amide bonds. The summed E-state index contributed by atoms with van der Waals surface area (Å²) in [6.07, 6.45) is 12.8. The summed E-state index contributed by atoms with van der Waals surface area (Å²) in [4.78, 5) is 0. The molecule has 0 aliphatic carbocycles. The van der Waals surface area contributed by atoms with Crippen LogP contribution in [0.4, 0.5) is 5.69 Å². The van der Waals surface area contributed by atoms with E-state index in [0.29, 0.717) is 0 Å². The molecule has 1 aliphatic rings. The Labute approximate surface area is 477 Å². The van der Waals surface area contributed by atoms with Gasteiger partial charge in [-0.15, -0.1) is 0 Å². The van der Waals surface area contributed by atoms with E-state index >= 15 is 0 Å². The van der Waals surface area contributed by atoms with E-state index in [1.54, 1.807) is 0 Å². The van der Waals surface area contributed by atoms with E-state index in [1.807, 2.05) is 52.8 Å². The van der Waals surface area contributed by atoms with Crippen molar-refractivity contribution in [2.45, 2.75) is 90.0 Å². The van der Waals surface area contributed by atoms with E-state index in [9.17, 15) is 0 Å². The third-order valence-electron chi connectivity index (χ3n) is 13.4. The lowest BCUT2D eigenvalue weighted by molar-refractivity contribution is 0.519. The molecule has 0 saturated heterocycles. The van der Waals surface area contributed by atoms with Crippen molar-refractivity contribution >= 4 is 17.3 Å². The molecule has 79 heavy (non-hydrogen) atoms. The van der Waals surface area contributed by atoms with Crippen LogP contribution in [0.15, 0.2) is 273 Å². The topological polar surface area (TPSA) is 12.0 Å². The fourth-order valence-corrected chi connectivity index (χ4v) is 8.62. The number of aryl methyl sites for hydroxylation is 4. The van der Waals surface area contributed by atoms with Gasteiger partial charge in [0.25, 0.3) is 0 Å². The number of anilines is 1. The highest BCUT2D eigenvalue weighted by Gasteiger charge is 2.14. The van der Waals surface area contributed by atoms with Gasteiger partial charge in [-0.1, -0.05) is 308 Å². The Balaban J connectivity index is 0.000000238. The second kappa shape index (κ2) is 31.6. The number of rotatable bonds is 6. The molecule has 0 spiro atoms. The highest BCUT2D eigenvalue weighted by molar-refractivity contribution is 5.90. The molecular formula is C78H85N. The third-order valence-corrected chi connectivity index (χ3v) is 13.4. The molecule has 10 rings (SSSR count). The zero-order valence-electron chi connectivity index (χ0n) is 49.5. The maximum Gasteiger partial charge on any atom is 0.0460 e. The van der Waals surface area contributed by atoms with Gasteiger partial charge >= 0.3 is 0 Å².